The van der Waals surface area contributed by atoms with Crippen LogP contribution in [0.1, 0.15) is 25.2 Å². The number of likely N-dealkylation sites (tertiary alicyclic amines) is 1. The predicted octanol–water partition coefficient (Wildman–Crippen LogP) is 3.90. The lowest BCUT2D eigenvalue weighted by Gasteiger charge is -2.30. The van der Waals surface area contributed by atoms with Gasteiger partial charge in [-0.25, -0.2) is 4.98 Å². The zero-order chi connectivity index (χ0) is 18.7. The fraction of sp³-hybridized carbons (Fsp3) is 0.389. The first-order valence-electron chi connectivity index (χ1n) is 8.34. The average molecular weight is 397 g/mol. The number of benzene rings is 1. The first-order valence-corrected chi connectivity index (χ1v) is 9.10. The van der Waals surface area contributed by atoms with Crippen molar-refractivity contribution < 1.29 is 19.1 Å². The van der Waals surface area contributed by atoms with Crippen LogP contribution in [0.15, 0.2) is 28.8 Å². The predicted molar refractivity (Wildman–Crippen MR) is 97.2 cm³/mol. The Morgan fingerprint density at radius 2 is 2.15 bits per heavy atom. The zero-order valence-corrected chi connectivity index (χ0v) is 15.5. The molecule has 1 amide bonds. The second-order valence-electron chi connectivity index (χ2n) is 6.26. The van der Waals surface area contributed by atoms with Gasteiger partial charge < -0.3 is 14.4 Å². The monoisotopic (exact) mass is 396 g/mol. The number of hydrogen-bond acceptors (Lipinski definition) is 4. The Balaban J connectivity index is 1.59. The number of carbonyl (C=O) groups is 2. The SMILES string of the molecule is O=C(O)C1CCCN(C(=O)CCc2ncc(-c3ccc(Cl)cc3Cl)o2)C1. The van der Waals surface area contributed by atoms with Gasteiger partial charge in [-0.3, -0.25) is 9.59 Å². The van der Waals surface area contributed by atoms with Gasteiger partial charge in [0.2, 0.25) is 5.91 Å². The van der Waals surface area contributed by atoms with E-state index in [1.54, 1.807) is 29.3 Å². The van der Waals surface area contributed by atoms with E-state index in [0.717, 1.165) is 0 Å². The number of oxazole rings is 1. The summed E-state index contributed by atoms with van der Waals surface area (Å²) in [5.41, 5.74) is 0.682. The van der Waals surface area contributed by atoms with Crippen LogP contribution in [0.4, 0.5) is 0 Å². The van der Waals surface area contributed by atoms with Crippen molar-refractivity contribution in [2.45, 2.75) is 25.7 Å². The van der Waals surface area contributed by atoms with Gasteiger partial charge in [-0.05, 0) is 31.0 Å². The fourth-order valence-electron chi connectivity index (χ4n) is 3.02. The highest BCUT2D eigenvalue weighted by molar-refractivity contribution is 6.36. The molecule has 1 aromatic carbocycles. The highest BCUT2D eigenvalue weighted by atomic mass is 35.5. The van der Waals surface area contributed by atoms with Crippen LogP contribution in [-0.4, -0.2) is 40.0 Å². The van der Waals surface area contributed by atoms with Gasteiger partial charge in [0.25, 0.3) is 0 Å². The molecule has 1 saturated heterocycles. The molecule has 6 nitrogen and oxygen atoms in total. The normalized spacial score (nSPS) is 17.3. The number of rotatable bonds is 5. The number of nitrogens with zero attached hydrogens (tertiary/aromatic N) is 2. The molecule has 0 bridgehead atoms. The number of amides is 1. The molecule has 1 N–H and O–H groups in total. The van der Waals surface area contributed by atoms with Crippen LogP contribution in [-0.2, 0) is 16.0 Å². The highest BCUT2D eigenvalue weighted by Gasteiger charge is 2.28. The third kappa shape index (κ3) is 4.37. The summed E-state index contributed by atoms with van der Waals surface area (Å²) in [5, 5.41) is 10.1. The van der Waals surface area contributed by atoms with Crippen molar-refractivity contribution in [3.05, 3.63) is 40.3 Å². The highest BCUT2D eigenvalue weighted by Crippen LogP contribution is 2.31. The Morgan fingerprint density at radius 1 is 1.35 bits per heavy atom. The lowest BCUT2D eigenvalue weighted by molar-refractivity contribution is -0.145. The molecule has 3 rings (SSSR count). The molecule has 0 spiro atoms. The summed E-state index contributed by atoms with van der Waals surface area (Å²) in [6.07, 6.45) is 3.46. The number of piperidine rings is 1. The summed E-state index contributed by atoms with van der Waals surface area (Å²) < 4.78 is 5.68. The third-order valence-electron chi connectivity index (χ3n) is 4.43. The molecule has 0 aliphatic carbocycles. The van der Waals surface area contributed by atoms with Crippen LogP contribution < -0.4 is 0 Å². The van der Waals surface area contributed by atoms with E-state index in [0.29, 0.717) is 53.1 Å². The van der Waals surface area contributed by atoms with E-state index in [1.807, 2.05) is 0 Å². The van der Waals surface area contributed by atoms with Gasteiger partial charge in [0, 0.05) is 36.5 Å². The second kappa shape index (κ2) is 8.10. The van der Waals surface area contributed by atoms with E-state index in [-0.39, 0.29) is 18.9 Å². The van der Waals surface area contributed by atoms with Crippen LogP contribution in [0.2, 0.25) is 10.0 Å². The number of aryl methyl sites for hydroxylation is 1. The van der Waals surface area contributed by atoms with Crippen molar-refractivity contribution >= 4 is 35.1 Å². The van der Waals surface area contributed by atoms with Crippen molar-refractivity contribution in [1.29, 1.82) is 0 Å². The minimum absolute atomic E-state index is 0.0831. The van der Waals surface area contributed by atoms with Crippen molar-refractivity contribution in [3.63, 3.8) is 0 Å². The second-order valence-corrected chi connectivity index (χ2v) is 7.10. The van der Waals surface area contributed by atoms with Crippen LogP contribution in [0.5, 0.6) is 0 Å². The maximum absolute atomic E-state index is 12.3. The maximum atomic E-state index is 12.3. The number of aliphatic carboxylic acids is 1. The quantitative estimate of drug-likeness (QED) is 0.827. The summed E-state index contributed by atoms with van der Waals surface area (Å²) in [4.78, 5) is 29.2. The van der Waals surface area contributed by atoms with Gasteiger partial charge in [-0.1, -0.05) is 23.2 Å². The van der Waals surface area contributed by atoms with E-state index in [9.17, 15) is 9.59 Å². The third-order valence-corrected chi connectivity index (χ3v) is 4.97. The zero-order valence-electron chi connectivity index (χ0n) is 14.0. The molecule has 1 aliphatic heterocycles. The summed E-state index contributed by atoms with van der Waals surface area (Å²) in [6.45, 7) is 0.866. The molecule has 26 heavy (non-hydrogen) atoms. The smallest absolute Gasteiger partial charge is 0.308 e. The van der Waals surface area contributed by atoms with Crippen LogP contribution >= 0.6 is 23.2 Å². The number of carboxylic acid groups (broad SMARTS) is 1. The molecule has 138 valence electrons. The molecule has 1 unspecified atom stereocenters. The van der Waals surface area contributed by atoms with Crippen molar-refractivity contribution in [2.24, 2.45) is 5.92 Å². The van der Waals surface area contributed by atoms with Gasteiger partial charge >= 0.3 is 5.97 Å². The maximum Gasteiger partial charge on any atom is 0.308 e. The largest absolute Gasteiger partial charge is 0.481 e. The molecule has 2 aromatic rings. The number of hydrogen-bond donors (Lipinski definition) is 1. The Labute approximate surface area is 160 Å². The van der Waals surface area contributed by atoms with E-state index < -0.39 is 11.9 Å². The molecule has 1 aromatic heterocycles. The molecule has 0 radical (unpaired) electrons. The summed E-state index contributed by atoms with van der Waals surface area (Å²) in [6, 6.07) is 5.09. The lowest BCUT2D eigenvalue weighted by atomic mass is 9.98. The molecular formula is C18H18Cl2N2O4. The van der Waals surface area contributed by atoms with Gasteiger partial charge in [-0.2, -0.15) is 0 Å². The van der Waals surface area contributed by atoms with Gasteiger partial charge in [0.15, 0.2) is 11.7 Å². The van der Waals surface area contributed by atoms with Gasteiger partial charge in [0.05, 0.1) is 17.1 Å². The number of carboxylic acids is 1. The van der Waals surface area contributed by atoms with E-state index in [1.165, 1.54) is 0 Å². The van der Waals surface area contributed by atoms with Crippen LogP contribution in [0, 0.1) is 5.92 Å². The van der Waals surface area contributed by atoms with Gasteiger partial charge in [-0.15, -0.1) is 0 Å². The molecule has 0 saturated carbocycles. The van der Waals surface area contributed by atoms with Gasteiger partial charge in [0.1, 0.15) is 0 Å². The van der Waals surface area contributed by atoms with Crippen molar-refractivity contribution in [2.75, 3.05) is 13.1 Å². The molecule has 1 atom stereocenters. The van der Waals surface area contributed by atoms with Crippen molar-refractivity contribution in [3.8, 4) is 11.3 Å². The lowest BCUT2D eigenvalue weighted by Crippen LogP contribution is -2.42. The minimum atomic E-state index is -0.848. The molecule has 1 aliphatic rings. The summed E-state index contributed by atoms with van der Waals surface area (Å²) in [7, 11) is 0. The first-order chi connectivity index (χ1) is 12.4. The fourth-order valence-corrected chi connectivity index (χ4v) is 3.52. The minimum Gasteiger partial charge on any atom is -0.481 e. The van der Waals surface area contributed by atoms with Crippen LogP contribution in [0.3, 0.4) is 0 Å². The van der Waals surface area contributed by atoms with E-state index in [2.05, 4.69) is 4.98 Å². The summed E-state index contributed by atoms with van der Waals surface area (Å²) >= 11 is 12.0. The Kier molecular flexibility index (Phi) is 5.84. The molecule has 2 heterocycles. The Hall–Kier alpha value is -2.05. The number of carbonyl (C=O) groups excluding carboxylic acids is 1. The summed E-state index contributed by atoms with van der Waals surface area (Å²) in [5.74, 6) is -0.461. The van der Waals surface area contributed by atoms with Crippen LogP contribution in [0.25, 0.3) is 11.3 Å². The Bertz CT molecular complexity index is 821. The standard InChI is InChI=1S/C18H18Cl2N2O4/c19-12-3-4-13(14(20)8-12)15-9-21-16(26-15)5-6-17(23)22-7-1-2-11(10-22)18(24)25/h3-4,8-9,11H,1-2,5-7,10H2,(H,24,25). The van der Waals surface area contributed by atoms with E-state index in [4.69, 9.17) is 32.7 Å². The average Bonchev–Trinajstić information content (AvgIpc) is 3.08. The Morgan fingerprint density at radius 3 is 2.88 bits per heavy atom. The number of halogens is 2. The van der Waals surface area contributed by atoms with E-state index >= 15 is 0 Å². The van der Waals surface area contributed by atoms with Crippen molar-refractivity contribution in [1.82, 2.24) is 9.88 Å². The molecular weight excluding hydrogens is 379 g/mol. The molecule has 1 fully saturated rings. The number of aromatic nitrogens is 1. The molecule has 8 heteroatoms. The first kappa shape index (κ1) is 18.7. The topological polar surface area (TPSA) is 83.6 Å².